The lowest BCUT2D eigenvalue weighted by atomic mass is 10.0. The minimum atomic E-state index is -0.903. The highest BCUT2D eigenvalue weighted by Crippen LogP contribution is 2.24. The second kappa shape index (κ2) is 4.04. The molecule has 1 aromatic heterocycles. The van der Waals surface area contributed by atoms with E-state index in [-0.39, 0.29) is 5.82 Å². The summed E-state index contributed by atoms with van der Waals surface area (Å²) in [5, 5.41) is 15.3. The average Bonchev–Trinajstić information content (AvgIpc) is 2.74. The first-order chi connectivity index (χ1) is 7.18. The van der Waals surface area contributed by atoms with Gasteiger partial charge in [-0.1, -0.05) is 10.6 Å². The van der Waals surface area contributed by atoms with Crippen molar-refractivity contribution in [2.24, 2.45) is 0 Å². The van der Waals surface area contributed by atoms with Crippen molar-refractivity contribution >= 4 is 11.5 Å². The maximum absolute atomic E-state index is 13.0. The molecule has 78 valence electrons. The van der Waals surface area contributed by atoms with Crippen LogP contribution in [0.2, 0.25) is 0 Å². The fraction of sp³-hybridized carbons (Fsp3) is 0.200. The van der Waals surface area contributed by atoms with E-state index in [1.165, 1.54) is 12.1 Å². The Bertz CT molecular complexity index is 458. The molecule has 0 aliphatic carbocycles. The van der Waals surface area contributed by atoms with Crippen molar-refractivity contribution in [2.45, 2.75) is 13.0 Å². The SMILES string of the molecule is Cc1ccc(F)cc1C(O)c1csnn1. The second-order valence-corrected chi connectivity index (χ2v) is 3.84. The minimum Gasteiger partial charge on any atom is -0.382 e. The van der Waals surface area contributed by atoms with Crippen LogP contribution in [0.25, 0.3) is 0 Å². The summed E-state index contributed by atoms with van der Waals surface area (Å²) in [6.45, 7) is 1.82. The van der Waals surface area contributed by atoms with E-state index in [0.29, 0.717) is 11.3 Å². The van der Waals surface area contributed by atoms with Crippen LogP contribution in [0.3, 0.4) is 0 Å². The Morgan fingerprint density at radius 2 is 2.27 bits per heavy atom. The lowest BCUT2D eigenvalue weighted by molar-refractivity contribution is 0.214. The van der Waals surface area contributed by atoms with Crippen molar-refractivity contribution in [2.75, 3.05) is 0 Å². The number of aromatic nitrogens is 2. The monoisotopic (exact) mass is 224 g/mol. The molecule has 0 aliphatic rings. The number of aliphatic hydroxyl groups is 1. The van der Waals surface area contributed by atoms with Gasteiger partial charge in [0, 0.05) is 5.38 Å². The molecule has 0 fully saturated rings. The molecule has 0 amide bonds. The van der Waals surface area contributed by atoms with Crippen LogP contribution in [0.1, 0.15) is 22.9 Å². The summed E-state index contributed by atoms with van der Waals surface area (Å²) >= 11 is 1.16. The second-order valence-electron chi connectivity index (χ2n) is 3.23. The predicted molar refractivity (Wildman–Crippen MR) is 55.1 cm³/mol. The zero-order valence-corrected chi connectivity index (χ0v) is 8.83. The number of rotatable bonds is 2. The van der Waals surface area contributed by atoms with Crippen LogP contribution in [0.5, 0.6) is 0 Å². The summed E-state index contributed by atoms with van der Waals surface area (Å²) in [7, 11) is 0. The van der Waals surface area contributed by atoms with E-state index in [1.54, 1.807) is 11.4 Å². The summed E-state index contributed by atoms with van der Waals surface area (Å²) in [4.78, 5) is 0. The molecule has 2 rings (SSSR count). The van der Waals surface area contributed by atoms with Crippen LogP contribution in [0, 0.1) is 12.7 Å². The predicted octanol–water partition coefficient (Wildman–Crippen LogP) is 2.07. The molecule has 3 nitrogen and oxygen atoms in total. The van der Waals surface area contributed by atoms with E-state index in [2.05, 4.69) is 9.59 Å². The molecule has 0 spiro atoms. The quantitative estimate of drug-likeness (QED) is 0.849. The smallest absolute Gasteiger partial charge is 0.124 e. The lowest BCUT2D eigenvalue weighted by Gasteiger charge is -2.10. The third-order valence-corrected chi connectivity index (χ3v) is 2.72. The third-order valence-electron chi connectivity index (χ3n) is 2.19. The Morgan fingerprint density at radius 1 is 1.47 bits per heavy atom. The van der Waals surface area contributed by atoms with Crippen LogP contribution < -0.4 is 0 Å². The minimum absolute atomic E-state index is 0.363. The number of hydrogen-bond acceptors (Lipinski definition) is 4. The van der Waals surface area contributed by atoms with E-state index in [4.69, 9.17) is 0 Å². The Labute approximate surface area is 90.4 Å². The summed E-state index contributed by atoms with van der Waals surface area (Å²) in [5.41, 5.74) is 1.81. The van der Waals surface area contributed by atoms with Crippen molar-refractivity contribution < 1.29 is 9.50 Å². The maximum atomic E-state index is 13.0. The standard InChI is InChI=1S/C10H9FN2OS/c1-6-2-3-7(11)4-8(6)10(14)9-5-15-13-12-9/h2-5,10,14H,1H3. The highest BCUT2D eigenvalue weighted by atomic mass is 32.1. The van der Waals surface area contributed by atoms with Gasteiger partial charge in [-0.2, -0.15) is 0 Å². The number of hydrogen-bond donors (Lipinski definition) is 1. The van der Waals surface area contributed by atoms with Crippen molar-refractivity contribution in [1.82, 2.24) is 9.59 Å². The molecule has 15 heavy (non-hydrogen) atoms. The fourth-order valence-electron chi connectivity index (χ4n) is 1.36. The third kappa shape index (κ3) is 2.03. The van der Waals surface area contributed by atoms with Gasteiger partial charge in [0.2, 0.25) is 0 Å². The first kappa shape index (κ1) is 10.2. The number of aliphatic hydroxyl groups excluding tert-OH is 1. The first-order valence-corrected chi connectivity index (χ1v) is 5.23. The van der Waals surface area contributed by atoms with E-state index < -0.39 is 6.10 Å². The fourth-order valence-corrected chi connectivity index (χ4v) is 1.83. The molecule has 0 radical (unpaired) electrons. The van der Waals surface area contributed by atoms with Gasteiger partial charge in [-0.15, -0.1) is 5.10 Å². The molecule has 0 saturated carbocycles. The van der Waals surface area contributed by atoms with E-state index in [1.807, 2.05) is 6.92 Å². The molecular weight excluding hydrogens is 215 g/mol. The van der Waals surface area contributed by atoms with E-state index in [0.717, 1.165) is 17.1 Å². The van der Waals surface area contributed by atoms with Crippen molar-refractivity contribution in [1.29, 1.82) is 0 Å². The zero-order valence-electron chi connectivity index (χ0n) is 8.01. The van der Waals surface area contributed by atoms with Gasteiger partial charge in [-0.25, -0.2) is 4.39 Å². The van der Waals surface area contributed by atoms with Gasteiger partial charge in [0.25, 0.3) is 0 Å². The van der Waals surface area contributed by atoms with Gasteiger partial charge in [0.1, 0.15) is 17.6 Å². The maximum Gasteiger partial charge on any atom is 0.124 e. The van der Waals surface area contributed by atoms with E-state index in [9.17, 15) is 9.50 Å². The van der Waals surface area contributed by atoms with Gasteiger partial charge < -0.3 is 5.11 Å². The van der Waals surface area contributed by atoms with Crippen LogP contribution in [0.4, 0.5) is 4.39 Å². The van der Waals surface area contributed by atoms with Crippen molar-refractivity contribution in [3.63, 3.8) is 0 Å². The molecule has 5 heteroatoms. The topological polar surface area (TPSA) is 46.0 Å². The Hall–Kier alpha value is -1.33. The number of aryl methyl sites for hydroxylation is 1. The average molecular weight is 224 g/mol. The lowest BCUT2D eigenvalue weighted by Crippen LogP contribution is -2.03. The Kier molecular flexibility index (Phi) is 2.75. The summed E-state index contributed by atoms with van der Waals surface area (Å²) in [6.07, 6.45) is -0.903. The molecule has 0 aliphatic heterocycles. The number of nitrogens with zero attached hydrogens (tertiary/aromatic N) is 2. The van der Waals surface area contributed by atoms with Gasteiger partial charge in [0.05, 0.1) is 0 Å². The summed E-state index contributed by atoms with van der Waals surface area (Å²) in [6, 6.07) is 4.32. The molecule has 1 aromatic carbocycles. The molecular formula is C10H9FN2OS. The molecule has 0 saturated heterocycles. The molecule has 1 unspecified atom stereocenters. The molecule has 1 N–H and O–H groups in total. The van der Waals surface area contributed by atoms with Gasteiger partial charge >= 0.3 is 0 Å². The first-order valence-electron chi connectivity index (χ1n) is 4.39. The normalized spacial score (nSPS) is 12.7. The van der Waals surface area contributed by atoms with Crippen LogP contribution in [-0.4, -0.2) is 14.7 Å². The van der Waals surface area contributed by atoms with Gasteiger partial charge in [0.15, 0.2) is 0 Å². The highest BCUT2D eigenvalue weighted by molar-refractivity contribution is 7.03. The summed E-state index contributed by atoms with van der Waals surface area (Å²) < 4.78 is 16.7. The van der Waals surface area contributed by atoms with Crippen molar-refractivity contribution in [3.8, 4) is 0 Å². The Morgan fingerprint density at radius 3 is 2.93 bits per heavy atom. The number of halogens is 1. The van der Waals surface area contributed by atoms with Gasteiger partial charge in [-0.05, 0) is 41.7 Å². The van der Waals surface area contributed by atoms with Crippen LogP contribution in [0.15, 0.2) is 23.6 Å². The summed E-state index contributed by atoms with van der Waals surface area (Å²) in [5.74, 6) is -0.363. The van der Waals surface area contributed by atoms with Crippen molar-refractivity contribution in [3.05, 3.63) is 46.2 Å². The van der Waals surface area contributed by atoms with E-state index >= 15 is 0 Å². The molecule has 2 aromatic rings. The number of benzene rings is 1. The molecule has 1 heterocycles. The molecule has 1 atom stereocenters. The largest absolute Gasteiger partial charge is 0.382 e. The molecule has 0 bridgehead atoms. The van der Waals surface area contributed by atoms with Gasteiger partial charge in [-0.3, -0.25) is 0 Å². The zero-order chi connectivity index (χ0) is 10.8. The van der Waals surface area contributed by atoms with Crippen LogP contribution >= 0.6 is 11.5 Å². The highest BCUT2D eigenvalue weighted by Gasteiger charge is 2.15. The van der Waals surface area contributed by atoms with Crippen LogP contribution in [-0.2, 0) is 0 Å². The Balaban J connectivity index is 2.41.